The number of hydrogen-bond acceptors (Lipinski definition) is 2. The number of rotatable bonds is 4. The Balaban J connectivity index is 4.78. The lowest BCUT2D eigenvalue weighted by atomic mass is 10.1. The molecule has 2 N–H and O–H groups in total. The van der Waals surface area contributed by atoms with Gasteiger partial charge >= 0.3 is 0 Å². The van der Waals surface area contributed by atoms with Crippen molar-refractivity contribution in [2.75, 3.05) is 0 Å². The number of aliphatic imine (C=N–C) groups is 1. The van der Waals surface area contributed by atoms with Crippen molar-refractivity contribution in [1.82, 2.24) is 5.32 Å². The molecule has 0 bridgehead atoms. The van der Waals surface area contributed by atoms with E-state index in [0.717, 1.165) is 17.5 Å². The zero-order valence-electron chi connectivity index (χ0n) is 7.81. The van der Waals surface area contributed by atoms with Crippen LogP contribution in [0.4, 0.5) is 0 Å². The van der Waals surface area contributed by atoms with Crippen LogP contribution in [0.1, 0.15) is 20.8 Å². The predicted octanol–water partition coefficient (Wildman–Crippen LogP) is 2.08. The summed E-state index contributed by atoms with van der Waals surface area (Å²) < 4.78 is 0. The standard InChI is InChI=1S/C9H15N3/c1-5-11-9(12-6-10)8(4)7(2)3/h5-6H,2H2,1,3-4H3,(H2,10,12)/b9-8+,11-5-. The van der Waals surface area contributed by atoms with Crippen LogP contribution in [0, 0.1) is 5.41 Å². The fraction of sp³-hybridized carbons (Fsp3) is 0.333. The molecule has 0 unspecified atom stereocenters. The van der Waals surface area contributed by atoms with Crippen molar-refractivity contribution in [3.63, 3.8) is 0 Å². The van der Waals surface area contributed by atoms with Crippen LogP contribution in [-0.4, -0.2) is 12.6 Å². The molecule has 0 amide bonds. The van der Waals surface area contributed by atoms with Crippen LogP contribution in [-0.2, 0) is 0 Å². The zero-order chi connectivity index (χ0) is 9.56. The summed E-state index contributed by atoms with van der Waals surface area (Å²) in [6.07, 6.45) is 2.78. The maximum Gasteiger partial charge on any atom is 0.133 e. The molecule has 66 valence electrons. The van der Waals surface area contributed by atoms with Crippen molar-refractivity contribution >= 4 is 12.6 Å². The normalized spacial score (nSPS) is 12.6. The van der Waals surface area contributed by atoms with Gasteiger partial charge in [0.2, 0.25) is 0 Å². The molecule has 0 saturated heterocycles. The third-order valence-electron chi connectivity index (χ3n) is 1.46. The van der Waals surface area contributed by atoms with Crippen molar-refractivity contribution in [2.45, 2.75) is 20.8 Å². The second kappa shape index (κ2) is 5.29. The number of nitrogens with one attached hydrogen (secondary N) is 2. The first-order valence-corrected chi connectivity index (χ1v) is 3.74. The molecule has 0 aromatic carbocycles. The summed E-state index contributed by atoms with van der Waals surface area (Å²) >= 11 is 0. The van der Waals surface area contributed by atoms with E-state index < -0.39 is 0 Å². The molecule has 0 aromatic rings. The molecule has 0 aromatic heterocycles. The summed E-state index contributed by atoms with van der Waals surface area (Å²) in [5, 5.41) is 9.60. The molecule has 0 aliphatic carbocycles. The van der Waals surface area contributed by atoms with E-state index in [1.807, 2.05) is 20.8 Å². The van der Waals surface area contributed by atoms with E-state index in [2.05, 4.69) is 16.9 Å². The van der Waals surface area contributed by atoms with Gasteiger partial charge in [0.1, 0.15) is 5.82 Å². The van der Waals surface area contributed by atoms with Crippen LogP contribution in [0.2, 0.25) is 0 Å². The topological polar surface area (TPSA) is 48.2 Å². The Labute approximate surface area is 73.4 Å². The van der Waals surface area contributed by atoms with Gasteiger partial charge in [-0.2, -0.15) is 0 Å². The van der Waals surface area contributed by atoms with Crippen LogP contribution in [0.25, 0.3) is 0 Å². The number of nitrogens with zero attached hydrogens (tertiary/aromatic N) is 1. The lowest BCUT2D eigenvalue weighted by molar-refractivity contribution is 1.05. The lowest BCUT2D eigenvalue weighted by Crippen LogP contribution is -2.10. The molecule has 0 rings (SSSR count). The third-order valence-corrected chi connectivity index (χ3v) is 1.46. The first-order valence-electron chi connectivity index (χ1n) is 3.74. The van der Waals surface area contributed by atoms with Gasteiger partial charge < -0.3 is 5.32 Å². The van der Waals surface area contributed by atoms with Crippen LogP contribution in [0.15, 0.2) is 28.5 Å². The highest BCUT2D eigenvalue weighted by atomic mass is 15.0. The molecule has 0 aliphatic heterocycles. The Morgan fingerprint density at radius 1 is 1.50 bits per heavy atom. The van der Waals surface area contributed by atoms with E-state index in [0.29, 0.717) is 5.82 Å². The van der Waals surface area contributed by atoms with Gasteiger partial charge in [-0.05, 0) is 26.3 Å². The van der Waals surface area contributed by atoms with E-state index in [1.54, 1.807) is 6.21 Å². The minimum atomic E-state index is 0.681. The molecule has 0 radical (unpaired) electrons. The molecule has 12 heavy (non-hydrogen) atoms. The first kappa shape index (κ1) is 10.6. The van der Waals surface area contributed by atoms with Crippen LogP contribution >= 0.6 is 0 Å². The highest BCUT2D eigenvalue weighted by Crippen LogP contribution is 2.09. The second-order valence-electron chi connectivity index (χ2n) is 2.43. The molecule has 0 heterocycles. The fourth-order valence-electron chi connectivity index (χ4n) is 0.642. The SMILES string of the molecule is C=C(C)/C(C)=C(\N=C/C)NC=N. The molecule has 0 atom stereocenters. The Kier molecular flexibility index (Phi) is 4.69. The summed E-state index contributed by atoms with van der Waals surface area (Å²) in [7, 11) is 0. The van der Waals surface area contributed by atoms with Crippen molar-refractivity contribution in [3.05, 3.63) is 23.5 Å². The molecule has 0 aliphatic rings. The van der Waals surface area contributed by atoms with Gasteiger partial charge in [0.25, 0.3) is 0 Å². The Morgan fingerprint density at radius 3 is 2.42 bits per heavy atom. The molecular weight excluding hydrogens is 150 g/mol. The molecule has 0 saturated carbocycles. The highest BCUT2D eigenvalue weighted by molar-refractivity contribution is 5.60. The van der Waals surface area contributed by atoms with Gasteiger partial charge in [-0.1, -0.05) is 12.2 Å². The fourth-order valence-corrected chi connectivity index (χ4v) is 0.642. The summed E-state index contributed by atoms with van der Waals surface area (Å²) in [5.74, 6) is 0.681. The Bertz CT molecular complexity index is 236. The monoisotopic (exact) mass is 165 g/mol. The van der Waals surface area contributed by atoms with Crippen LogP contribution in [0.5, 0.6) is 0 Å². The molecule has 0 fully saturated rings. The first-order chi connectivity index (χ1) is 5.63. The van der Waals surface area contributed by atoms with Gasteiger partial charge in [0, 0.05) is 6.21 Å². The maximum atomic E-state index is 6.87. The molecule has 3 nitrogen and oxygen atoms in total. The molecule has 3 heteroatoms. The van der Waals surface area contributed by atoms with Gasteiger partial charge in [0.15, 0.2) is 0 Å². The smallest absolute Gasteiger partial charge is 0.133 e. The molecule has 0 spiro atoms. The number of hydrogen-bond donors (Lipinski definition) is 2. The zero-order valence-corrected chi connectivity index (χ0v) is 7.81. The van der Waals surface area contributed by atoms with Gasteiger partial charge in [0.05, 0.1) is 6.34 Å². The second-order valence-corrected chi connectivity index (χ2v) is 2.43. The van der Waals surface area contributed by atoms with E-state index in [4.69, 9.17) is 5.41 Å². The van der Waals surface area contributed by atoms with Gasteiger partial charge in [-0.25, -0.2) is 4.99 Å². The van der Waals surface area contributed by atoms with E-state index >= 15 is 0 Å². The van der Waals surface area contributed by atoms with Gasteiger partial charge in [-0.3, -0.25) is 5.41 Å². The van der Waals surface area contributed by atoms with E-state index in [1.165, 1.54) is 0 Å². The minimum absolute atomic E-state index is 0.681. The summed E-state index contributed by atoms with van der Waals surface area (Å²) in [5.41, 5.74) is 1.92. The lowest BCUT2D eigenvalue weighted by Gasteiger charge is -2.05. The predicted molar refractivity (Wildman–Crippen MR) is 53.6 cm³/mol. The Morgan fingerprint density at radius 2 is 2.08 bits per heavy atom. The van der Waals surface area contributed by atoms with Crippen LogP contribution in [0.3, 0.4) is 0 Å². The minimum Gasteiger partial charge on any atom is -0.331 e. The Hall–Kier alpha value is -1.38. The maximum absolute atomic E-state index is 6.87. The van der Waals surface area contributed by atoms with Gasteiger partial charge in [-0.15, -0.1) is 0 Å². The van der Waals surface area contributed by atoms with Crippen molar-refractivity contribution < 1.29 is 0 Å². The number of allylic oxidation sites excluding steroid dienone is 2. The molecular formula is C9H15N3. The van der Waals surface area contributed by atoms with E-state index in [9.17, 15) is 0 Å². The van der Waals surface area contributed by atoms with Crippen molar-refractivity contribution in [3.8, 4) is 0 Å². The van der Waals surface area contributed by atoms with Crippen LogP contribution < -0.4 is 5.32 Å². The average molecular weight is 165 g/mol. The summed E-state index contributed by atoms with van der Waals surface area (Å²) in [6.45, 7) is 9.45. The largest absolute Gasteiger partial charge is 0.331 e. The quantitative estimate of drug-likeness (QED) is 0.374. The summed E-state index contributed by atoms with van der Waals surface area (Å²) in [4.78, 5) is 4.07. The summed E-state index contributed by atoms with van der Waals surface area (Å²) in [6, 6.07) is 0. The van der Waals surface area contributed by atoms with E-state index in [-0.39, 0.29) is 0 Å². The van der Waals surface area contributed by atoms with Crippen molar-refractivity contribution in [1.29, 1.82) is 5.41 Å². The van der Waals surface area contributed by atoms with Crippen molar-refractivity contribution in [2.24, 2.45) is 4.99 Å². The average Bonchev–Trinajstić information content (AvgIpc) is 2.03. The highest BCUT2D eigenvalue weighted by Gasteiger charge is 1.98. The third kappa shape index (κ3) is 3.14.